The molecule has 0 aliphatic rings. The van der Waals surface area contributed by atoms with Crippen molar-refractivity contribution >= 4 is 6.47 Å². The van der Waals surface area contributed by atoms with Gasteiger partial charge >= 0.3 is 0 Å². The lowest BCUT2D eigenvalue weighted by Crippen LogP contribution is -1.87. The van der Waals surface area contributed by atoms with Gasteiger partial charge in [-0.25, -0.2) is 0 Å². The van der Waals surface area contributed by atoms with Crippen molar-refractivity contribution in [2.45, 2.75) is 6.92 Å². The standard InChI is InChI=1S/C7H9NO2.CH2O2/c1-5-7(9)6(10-2)3-4-8-5;2-1-3/h3-4,9H,1-2H3;1H,(H,2,3). The zero-order valence-electron chi connectivity index (χ0n) is 7.39. The fraction of sp³-hybridized carbons (Fsp3) is 0.250. The molecule has 0 unspecified atom stereocenters. The van der Waals surface area contributed by atoms with Crippen molar-refractivity contribution in [3.8, 4) is 11.5 Å². The minimum atomic E-state index is -0.250. The number of hydrogen-bond donors (Lipinski definition) is 2. The van der Waals surface area contributed by atoms with Gasteiger partial charge in [0.1, 0.15) is 0 Å². The van der Waals surface area contributed by atoms with E-state index < -0.39 is 0 Å². The summed E-state index contributed by atoms with van der Waals surface area (Å²) in [6.45, 7) is 1.47. The Balaban J connectivity index is 0.000000424. The van der Waals surface area contributed by atoms with Crippen LogP contribution >= 0.6 is 0 Å². The summed E-state index contributed by atoms with van der Waals surface area (Å²) in [5.41, 5.74) is 0.583. The number of carbonyl (C=O) groups is 1. The van der Waals surface area contributed by atoms with Crippen molar-refractivity contribution in [1.82, 2.24) is 4.98 Å². The number of ether oxygens (including phenoxy) is 1. The zero-order chi connectivity index (χ0) is 10.3. The van der Waals surface area contributed by atoms with Crippen molar-refractivity contribution in [2.75, 3.05) is 7.11 Å². The highest BCUT2D eigenvalue weighted by atomic mass is 16.5. The van der Waals surface area contributed by atoms with E-state index in [1.807, 2.05) is 0 Å². The van der Waals surface area contributed by atoms with Crippen LogP contribution in [0.5, 0.6) is 11.5 Å². The summed E-state index contributed by atoms with van der Waals surface area (Å²) < 4.78 is 4.84. The van der Waals surface area contributed by atoms with Gasteiger partial charge in [-0.1, -0.05) is 0 Å². The molecule has 0 aliphatic heterocycles. The Morgan fingerprint density at radius 3 is 2.54 bits per heavy atom. The van der Waals surface area contributed by atoms with Crippen LogP contribution in [0.1, 0.15) is 5.69 Å². The number of pyridine rings is 1. The minimum absolute atomic E-state index is 0.116. The molecule has 0 spiro atoms. The maximum Gasteiger partial charge on any atom is 0.290 e. The number of nitrogens with zero attached hydrogens (tertiary/aromatic N) is 1. The van der Waals surface area contributed by atoms with E-state index in [-0.39, 0.29) is 12.2 Å². The van der Waals surface area contributed by atoms with E-state index in [4.69, 9.17) is 14.6 Å². The first-order valence-electron chi connectivity index (χ1n) is 3.43. The Bertz CT molecular complexity index is 275. The van der Waals surface area contributed by atoms with Gasteiger partial charge in [-0.15, -0.1) is 0 Å². The summed E-state index contributed by atoms with van der Waals surface area (Å²) in [4.78, 5) is 12.2. The van der Waals surface area contributed by atoms with Gasteiger partial charge in [0.25, 0.3) is 6.47 Å². The highest BCUT2D eigenvalue weighted by molar-refractivity contribution is 5.40. The highest BCUT2D eigenvalue weighted by Crippen LogP contribution is 2.26. The molecule has 0 fully saturated rings. The molecule has 0 radical (unpaired) electrons. The number of carboxylic acid groups (broad SMARTS) is 1. The summed E-state index contributed by atoms with van der Waals surface area (Å²) in [7, 11) is 1.51. The maximum absolute atomic E-state index is 9.21. The van der Waals surface area contributed by atoms with Crippen molar-refractivity contribution in [3.05, 3.63) is 18.0 Å². The van der Waals surface area contributed by atoms with Crippen LogP contribution < -0.4 is 4.74 Å². The quantitative estimate of drug-likeness (QED) is 0.633. The average molecular weight is 185 g/mol. The second kappa shape index (κ2) is 5.82. The van der Waals surface area contributed by atoms with Crippen LogP contribution in [-0.2, 0) is 4.79 Å². The smallest absolute Gasteiger partial charge is 0.290 e. The number of methoxy groups -OCH3 is 1. The topological polar surface area (TPSA) is 79.7 Å². The predicted octanol–water partition coefficient (Wildman–Crippen LogP) is 0.805. The van der Waals surface area contributed by atoms with Gasteiger partial charge in [0.15, 0.2) is 11.5 Å². The van der Waals surface area contributed by atoms with Gasteiger partial charge in [-0.2, -0.15) is 0 Å². The third-order valence-electron chi connectivity index (χ3n) is 1.29. The molecule has 1 aromatic heterocycles. The van der Waals surface area contributed by atoms with E-state index in [0.717, 1.165) is 0 Å². The van der Waals surface area contributed by atoms with Crippen LogP contribution in [0.2, 0.25) is 0 Å². The molecule has 2 N–H and O–H groups in total. The second-order valence-corrected chi connectivity index (χ2v) is 2.05. The van der Waals surface area contributed by atoms with Gasteiger partial charge in [0.2, 0.25) is 0 Å². The first-order valence-corrected chi connectivity index (χ1v) is 3.43. The molecular weight excluding hydrogens is 174 g/mol. The van der Waals surface area contributed by atoms with Gasteiger partial charge < -0.3 is 14.9 Å². The van der Waals surface area contributed by atoms with Gasteiger partial charge in [0, 0.05) is 12.3 Å². The van der Waals surface area contributed by atoms with Crippen LogP contribution in [0.3, 0.4) is 0 Å². The number of rotatable bonds is 1. The van der Waals surface area contributed by atoms with Crippen molar-refractivity contribution in [1.29, 1.82) is 0 Å². The van der Waals surface area contributed by atoms with Crippen LogP contribution in [0.25, 0.3) is 0 Å². The Morgan fingerprint density at radius 1 is 1.62 bits per heavy atom. The molecule has 0 aromatic carbocycles. The lowest BCUT2D eigenvalue weighted by molar-refractivity contribution is -0.122. The molecule has 0 aliphatic carbocycles. The van der Waals surface area contributed by atoms with Gasteiger partial charge in [0.05, 0.1) is 12.8 Å². The maximum atomic E-state index is 9.21. The molecule has 5 heteroatoms. The van der Waals surface area contributed by atoms with E-state index in [1.54, 1.807) is 19.2 Å². The van der Waals surface area contributed by atoms with Crippen molar-refractivity contribution < 1.29 is 19.7 Å². The third kappa shape index (κ3) is 3.42. The Hall–Kier alpha value is -1.78. The normalized spacial score (nSPS) is 8.15. The number of aromatic hydroxyl groups is 1. The molecule has 13 heavy (non-hydrogen) atoms. The average Bonchev–Trinajstić information content (AvgIpc) is 2.11. The number of aromatic nitrogens is 1. The fourth-order valence-corrected chi connectivity index (χ4v) is 0.700. The van der Waals surface area contributed by atoms with Crippen LogP contribution in [0, 0.1) is 6.92 Å². The van der Waals surface area contributed by atoms with E-state index >= 15 is 0 Å². The largest absolute Gasteiger partial charge is 0.503 e. The molecule has 1 heterocycles. The molecule has 0 amide bonds. The molecule has 0 atom stereocenters. The van der Waals surface area contributed by atoms with Gasteiger partial charge in [-0.05, 0) is 6.92 Å². The highest BCUT2D eigenvalue weighted by Gasteiger charge is 2.02. The predicted molar refractivity (Wildman–Crippen MR) is 45.9 cm³/mol. The van der Waals surface area contributed by atoms with Crippen molar-refractivity contribution in [2.24, 2.45) is 0 Å². The summed E-state index contributed by atoms with van der Waals surface area (Å²) in [6.07, 6.45) is 1.59. The molecular formula is C8H11NO4. The molecule has 1 rings (SSSR count). The van der Waals surface area contributed by atoms with Crippen LogP contribution in [-0.4, -0.2) is 28.8 Å². The first-order chi connectivity index (χ1) is 6.17. The number of aryl methyl sites for hydroxylation is 1. The Labute approximate surface area is 75.6 Å². The lowest BCUT2D eigenvalue weighted by Gasteiger charge is -2.02. The second-order valence-electron chi connectivity index (χ2n) is 2.05. The summed E-state index contributed by atoms with van der Waals surface area (Å²) in [6, 6.07) is 1.61. The lowest BCUT2D eigenvalue weighted by atomic mass is 10.3. The first kappa shape index (κ1) is 11.2. The fourth-order valence-electron chi connectivity index (χ4n) is 0.700. The molecule has 1 aromatic rings. The summed E-state index contributed by atoms with van der Waals surface area (Å²) in [5, 5.41) is 16.1. The van der Waals surface area contributed by atoms with Crippen molar-refractivity contribution in [3.63, 3.8) is 0 Å². The summed E-state index contributed by atoms with van der Waals surface area (Å²) in [5.74, 6) is 0.581. The molecule has 0 bridgehead atoms. The van der Waals surface area contributed by atoms with E-state index in [0.29, 0.717) is 11.4 Å². The van der Waals surface area contributed by atoms with Gasteiger partial charge in [-0.3, -0.25) is 9.78 Å². The van der Waals surface area contributed by atoms with E-state index in [9.17, 15) is 5.11 Å². The molecule has 0 saturated heterocycles. The number of hydrogen-bond acceptors (Lipinski definition) is 4. The Morgan fingerprint density at radius 2 is 2.15 bits per heavy atom. The third-order valence-corrected chi connectivity index (χ3v) is 1.29. The molecule has 5 nitrogen and oxygen atoms in total. The zero-order valence-corrected chi connectivity index (χ0v) is 7.39. The van der Waals surface area contributed by atoms with Crippen LogP contribution in [0.15, 0.2) is 12.3 Å². The van der Waals surface area contributed by atoms with E-state index in [2.05, 4.69) is 4.98 Å². The molecule has 0 saturated carbocycles. The van der Waals surface area contributed by atoms with E-state index in [1.165, 1.54) is 7.11 Å². The SMILES string of the molecule is COc1ccnc(C)c1O.O=CO. The Kier molecular flexibility index (Phi) is 5.02. The summed E-state index contributed by atoms with van der Waals surface area (Å²) >= 11 is 0. The molecule has 72 valence electrons. The monoisotopic (exact) mass is 185 g/mol. The minimum Gasteiger partial charge on any atom is -0.503 e. The van der Waals surface area contributed by atoms with Crippen LogP contribution in [0.4, 0.5) is 0 Å².